The zero-order chi connectivity index (χ0) is 15.1. The summed E-state index contributed by atoms with van der Waals surface area (Å²) < 4.78 is 2.97. The minimum absolute atomic E-state index is 0.280. The molecule has 0 saturated carbocycles. The third kappa shape index (κ3) is 2.86. The third-order valence-electron chi connectivity index (χ3n) is 3.04. The Labute approximate surface area is 155 Å². The molecule has 1 heterocycles. The average molecular weight is 472 g/mol. The van der Waals surface area contributed by atoms with Crippen molar-refractivity contribution < 1.29 is 0 Å². The Kier molecular flexibility index (Phi) is 4.58. The van der Waals surface area contributed by atoms with Gasteiger partial charge in [-0.05, 0) is 52.9 Å². The Morgan fingerprint density at radius 1 is 1.05 bits per heavy atom. The van der Waals surface area contributed by atoms with Gasteiger partial charge in [-0.2, -0.15) is 0 Å². The summed E-state index contributed by atoms with van der Waals surface area (Å²) in [7, 11) is 0. The molecule has 0 aliphatic carbocycles. The van der Waals surface area contributed by atoms with Crippen molar-refractivity contribution in [3.63, 3.8) is 0 Å². The van der Waals surface area contributed by atoms with E-state index < -0.39 is 0 Å². The monoisotopic (exact) mass is 470 g/mol. The molecule has 0 bridgehead atoms. The van der Waals surface area contributed by atoms with Crippen molar-refractivity contribution in [2.24, 2.45) is 0 Å². The van der Waals surface area contributed by atoms with Crippen molar-refractivity contribution in [2.45, 2.75) is 5.88 Å². The predicted octanol–water partition coefficient (Wildman–Crippen LogP) is 6.33. The van der Waals surface area contributed by atoms with Gasteiger partial charge >= 0.3 is 0 Å². The number of hydrogen-bond acceptors (Lipinski definition) is 1. The summed E-state index contributed by atoms with van der Waals surface area (Å²) in [4.78, 5) is 4.52. The number of benzene rings is 2. The molecule has 0 radical (unpaired) electrons. The maximum absolute atomic E-state index is 6.14. The van der Waals surface area contributed by atoms with Crippen LogP contribution < -0.4 is 0 Å². The molecular weight excluding hydrogens is 465 g/mol. The fourth-order valence-electron chi connectivity index (χ4n) is 2.14. The first-order valence-electron chi connectivity index (χ1n) is 5.89. The lowest BCUT2D eigenvalue weighted by atomic mass is 10.2. The SMILES string of the molecule is ClCc1nc2cc(Cl)c(Cl)cc2n1-c1ccc(Cl)cc1I. The first kappa shape index (κ1) is 15.7. The van der Waals surface area contributed by atoms with Crippen molar-refractivity contribution in [1.29, 1.82) is 0 Å². The molecule has 3 rings (SSSR count). The van der Waals surface area contributed by atoms with Gasteiger partial charge < -0.3 is 0 Å². The molecule has 0 aliphatic rings. The van der Waals surface area contributed by atoms with E-state index in [0.29, 0.717) is 15.1 Å². The Balaban J connectivity index is 2.37. The molecule has 0 fully saturated rings. The number of halogens is 5. The number of imidazole rings is 1. The molecule has 7 heteroatoms. The molecule has 2 nitrogen and oxygen atoms in total. The number of fused-ring (bicyclic) bond motifs is 1. The van der Waals surface area contributed by atoms with Crippen LogP contribution in [0.2, 0.25) is 15.1 Å². The van der Waals surface area contributed by atoms with Gasteiger partial charge in [0.15, 0.2) is 0 Å². The Bertz CT molecular complexity index is 845. The van der Waals surface area contributed by atoms with Crippen molar-refractivity contribution in [3.8, 4) is 5.69 Å². The summed E-state index contributed by atoms with van der Waals surface area (Å²) in [5.41, 5.74) is 2.57. The van der Waals surface area contributed by atoms with Gasteiger partial charge in [-0.15, -0.1) is 11.6 Å². The molecule has 21 heavy (non-hydrogen) atoms. The van der Waals surface area contributed by atoms with Crippen LogP contribution in [0.25, 0.3) is 16.7 Å². The normalized spacial score (nSPS) is 11.3. The molecule has 108 valence electrons. The van der Waals surface area contributed by atoms with Crippen LogP contribution in [-0.4, -0.2) is 9.55 Å². The highest BCUT2D eigenvalue weighted by molar-refractivity contribution is 14.1. The topological polar surface area (TPSA) is 17.8 Å². The van der Waals surface area contributed by atoms with Crippen molar-refractivity contribution in [2.75, 3.05) is 0 Å². The highest BCUT2D eigenvalue weighted by Crippen LogP contribution is 2.32. The van der Waals surface area contributed by atoms with E-state index in [2.05, 4.69) is 27.6 Å². The van der Waals surface area contributed by atoms with Crippen LogP contribution in [0, 0.1) is 3.57 Å². The summed E-state index contributed by atoms with van der Waals surface area (Å²) in [6.45, 7) is 0. The van der Waals surface area contributed by atoms with E-state index in [4.69, 9.17) is 46.4 Å². The molecule has 0 spiro atoms. The molecule has 3 aromatic rings. The lowest BCUT2D eigenvalue weighted by Crippen LogP contribution is -2.01. The maximum atomic E-state index is 6.14. The molecule has 0 aliphatic heterocycles. The Morgan fingerprint density at radius 2 is 1.76 bits per heavy atom. The van der Waals surface area contributed by atoms with Crippen LogP contribution in [0.4, 0.5) is 0 Å². The maximum Gasteiger partial charge on any atom is 0.129 e. The standard InChI is InChI=1S/C14H7Cl4IN2/c15-6-14-20-11-4-8(17)9(18)5-13(11)21(14)12-2-1-7(16)3-10(12)19/h1-5H,6H2. The van der Waals surface area contributed by atoms with E-state index in [1.54, 1.807) is 12.1 Å². The lowest BCUT2D eigenvalue weighted by Gasteiger charge is -2.10. The van der Waals surface area contributed by atoms with Crippen molar-refractivity contribution >= 4 is 80.0 Å². The zero-order valence-corrected chi connectivity index (χ0v) is 15.6. The summed E-state index contributed by atoms with van der Waals surface area (Å²) in [6, 6.07) is 9.20. The first-order chi connectivity index (χ1) is 10.0. The lowest BCUT2D eigenvalue weighted by molar-refractivity contribution is 0.977. The fourth-order valence-corrected chi connectivity index (χ4v) is 3.75. The van der Waals surface area contributed by atoms with E-state index in [9.17, 15) is 0 Å². The first-order valence-corrected chi connectivity index (χ1v) is 8.63. The number of nitrogens with zero attached hydrogens (tertiary/aromatic N) is 2. The van der Waals surface area contributed by atoms with E-state index in [-0.39, 0.29) is 5.88 Å². The van der Waals surface area contributed by atoms with Crippen LogP contribution in [0.5, 0.6) is 0 Å². The third-order valence-corrected chi connectivity index (χ3v) is 5.10. The van der Waals surface area contributed by atoms with Crippen LogP contribution in [0.15, 0.2) is 30.3 Å². The molecule has 2 aromatic carbocycles. The Morgan fingerprint density at radius 3 is 2.43 bits per heavy atom. The summed E-state index contributed by atoms with van der Waals surface area (Å²) >= 11 is 26.5. The largest absolute Gasteiger partial charge is 0.294 e. The van der Waals surface area contributed by atoms with E-state index in [1.807, 2.05) is 22.8 Å². The van der Waals surface area contributed by atoms with E-state index in [0.717, 1.165) is 26.1 Å². The van der Waals surface area contributed by atoms with Crippen molar-refractivity contribution in [1.82, 2.24) is 9.55 Å². The number of rotatable bonds is 2. The number of alkyl halides is 1. The predicted molar refractivity (Wildman–Crippen MR) is 98.4 cm³/mol. The van der Waals surface area contributed by atoms with Gasteiger partial charge in [-0.25, -0.2) is 4.98 Å². The van der Waals surface area contributed by atoms with Crippen LogP contribution in [0.1, 0.15) is 5.82 Å². The zero-order valence-electron chi connectivity index (χ0n) is 10.4. The second-order valence-electron chi connectivity index (χ2n) is 4.35. The average Bonchev–Trinajstić information content (AvgIpc) is 2.77. The van der Waals surface area contributed by atoms with Crippen LogP contribution in [-0.2, 0) is 5.88 Å². The molecule has 0 atom stereocenters. The van der Waals surface area contributed by atoms with Crippen molar-refractivity contribution in [3.05, 3.63) is 54.8 Å². The van der Waals surface area contributed by atoms with Gasteiger partial charge in [0.1, 0.15) is 5.82 Å². The summed E-state index contributed by atoms with van der Waals surface area (Å²) in [5, 5.41) is 1.64. The highest BCUT2D eigenvalue weighted by atomic mass is 127. The van der Waals surface area contributed by atoms with E-state index >= 15 is 0 Å². The minimum atomic E-state index is 0.280. The van der Waals surface area contributed by atoms with Crippen LogP contribution in [0.3, 0.4) is 0 Å². The summed E-state index contributed by atoms with van der Waals surface area (Å²) in [5.74, 6) is 1.01. The molecular formula is C14H7Cl4IN2. The molecule has 0 N–H and O–H groups in total. The van der Waals surface area contributed by atoms with Crippen LogP contribution >= 0.6 is 69.0 Å². The highest BCUT2D eigenvalue weighted by Gasteiger charge is 2.15. The fraction of sp³-hybridized carbons (Fsp3) is 0.0714. The second-order valence-corrected chi connectivity index (χ2v) is 7.03. The van der Waals surface area contributed by atoms with Gasteiger partial charge in [0, 0.05) is 8.59 Å². The van der Waals surface area contributed by atoms with Gasteiger partial charge in [0.2, 0.25) is 0 Å². The van der Waals surface area contributed by atoms with Gasteiger partial charge in [-0.3, -0.25) is 4.57 Å². The van der Waals surface area contributed by atoms with Gasteiger partial charge in [0.05, 0.1) is 32.6 Å². The molecule has 0 amide bonds. The molecule has 0 unspecified atom stereocenters. The Hall–Kier alpha value is -0.200. The quantitative estimate of drug-likeness (QED) is 0.315. The smallest absolute Gasteiger partial charge is 0.129 e. The van der Waals surface area contributed by atoms with Gasteiger partial charge in [-0.1, -0.05) is 34.8 Å². The number of aromatic nitrogens is 2. The second kappa shape index (κ2) is 6.13. The van der Waals surface area contributed by atoms with Gasteiger partial charge in [0.25, 0.3) is 0 Å². The number of hydrogen-bond donors (Lipinski definition) is 0. The molecule has 0 saturated heterocycles. The minimum Gasteiger partial charge on any atom is -0.294 e. The summed E-state index contributed by atoms with van der Waals surface area (Å²) in [6.07, 6.45) is 0. The van der Waals surface area contributed by atoms with E-state index in [1.165, 1.54) is 0 Å². The molecule has 1 aromatic heterocycles.